The van der Waals surface area contributed by atoms with E-state index in [4.69, 9.17) is 16.3 Å². The van der Waals surface area contributed by atoms with Gasteiger partial charge in [-0.25, -0.2) is 0 Å². The summed E-state index contributed by atoms with van der Waals surface area (Å²) in [5, 5.41) is 14.6. The molecule has 0 aliphatic heterocycles. The molecule has 0 unspecified atom stereocenters. The van der Waals surface area contributed by atoms with E-state index in [0.717, 1.165) is 11.3 Å². The van der Waals surface area contributed by atoms with Gasteiger partial charge in [0.2, 0.25) is 0 Å². The maximum atomic E-state index is 10.9. The molecule has 0 aromatic heterocycles. The molecule has 104 valence electrons. The van der Waals surface area contributed by atoms with Gasteiger partial charge in [-0.2, -0.15) is 0 Å². The molecule has 20 heavy (non-hydrogen) atoms. The number of anilines is 1. The lowest BCUT2D eigenvalue weighted by molar-refractivity contribution is -0.385. The second kappa shape index (κ2) is 6.25. The highest BCUT2D eigenvalue weighted by Crippen LogP contribution is 2.25. The molecule has 0 saturated heterocycles. The van der Waals surface area contributed by atoms with Crippen molar-refractivity contribution >= 4 is 23.0 Å². The molecule has 0 amide bonds. The summed E-state index contributed by atoms with van der Waals surface area (Å²) in [6, 6.07) is 12.0. The fourth-order valence-corrected chi connectivity index (χ4v) is 1.97. The second-order valence-corrected chi connectivity index (χ2v) is 4.54. The summed E-state index contributed by atoms with van der Waals surface area (Å²) in [6.07, 6.45) is 0. The Bertz CT molecular complexity index is 632. The van der Waals surface area contributed by atoms with Crippen molar-refractivity contribution in [3.05, 3.63) is 63.2 Å². The van der Waals surface area contributed by atoms with Crippen LogP contribution in [0.2, 0.25) is 5.02 Å². The molecule has 1 N–H and O–H groups in total. The van der Waals surface area contributed by atoms with Gasteiger partial charge in [-0.3, -0.25) is 10.1 Å². The van der Waals surface area contributed by atoms with Crippen LogP contribution in [0.4, 0.5) is 11.4 Å². The standard InChI is InChI=1S/C14H13ClN2O3/c1-20-12-7-10(6-11(8-12)17(18)19)9-16-14-5-3-2-4-13(14)15/h2-8,16H,9H2,1H3. The van der Waals surface area contributed by atoms with Crippen LogP contribution in [0.15, 0.2) is 42.5 Å². The van der Waals surface area contributed by atoms with Gasteiger partial charge >= 0.3 is 0 Å². The van der Waals surface area contributed by atoms with Gasteiger partial charge in [-0.15, -0.1) is 0 Å². The minimum atomic E-state index is -0.443. The Morgan fingerprint density at radius 1 is 1.30 bits per heavy atom. The third kappa shape index (κ3) is 3.39. The molecule has 0 radical (unpaired) electrons. The highest BCUT2D eigenvalue weighted by atomic mass is 35.5. The van der Waals surface area contributed by atoms with E-state index in [9.17, 15) is 10.1 Å². The van der Waals surface area contributed by atoms with Crippen molar-refractivity contribution in [1.29, 1.82) is 0 Å². The third-order valence-corrected chi connectivity index (χ3v) is 3.08. The van der Waals surface area contributed by atoms with E-state index in [1.807, 2.05) is 18.2 Å². The summed E-state index contributed by atoms with van der Waals surface area (Å²) in [4.78, 5) is 10.4. The number of methoxy groups -OCH3 is 1. The maximum absolute atomic E-state index is 10.9. The molecule has 2 rings (SSSR count). The average Bonchev–Trinajstić information content (AvgIpc) is 2.46. The zero-order chi connectivity index (χ0) is 14.5. The first-order chi connectivity index (χ1) is 9.60. The lowest BCUT2D eigenvalue weighted by Gasteiger charge is -2.09. The third-order valence-electron chi connectivity index (χ3n) is 2.75. The molecule has 0 aliphatic carbocycles. The molecule has 2 aromatic rings. The maximum Gasteiger partial charge on any atom is 0.273 e. The van der Waals surface area contributed by atoms with E-state index in [-0.39, 0.29) is 5.69 Å². The number of hydrogen-bond acceptors (Lipinski definition) is 4. The van der Waals surface area contributed by atoms with Crippen LogP contribution in [0.5, 0.6) is 5.75 Å². The normalized spacial score (nSPS) is 10.1. The number of para-hydroxylation sites is 1. The fraction of sp³-hybridized carbons (Fsp3) is 0.143. The van der Waals surface area contributed by atoms with Crippen LogP contribution < -0.4 is 10.1 Å². The number of ether oxygens (including phenoxy) is 1. The number of non-ortho nitro benzene ring substituents is 1. The van der Waals surface area contributed by atoms with E-state index in [0.29, 0.717) is 17.3 Å². The summed E-state index contributed by atoms with van der Waals surface area (Å²) in [6.45, 7) is 0.418. The van der Waals surface area contributed by atoms with Crippen LogP contribution in [-0.2, 0) is 6.54 Å². The molecule has 0 saturated carbocycles. The lowest BCUT2D eigenvalue weighted by atomic mass is 10.2. The molecule has 2 aromatic carbocycles. The Morgan fingerprint density at radius 3 is 2.70 bits per heavy atom. The molecular formula is C14H13ClN2O3. The Labute approximate surface area is 121 Å². The van der Waals surface area contributed by atoms with E-state index in [1.165, 1.54) is 19.2 Å². The van der Waals surface area contributed by atoms with Crippen LogP contribution in [0.3, 0.4) is 0 Å². The summed E-state index contributed by atoms with van der Waals surface area (Å²) >= 11 is 6.04. The number of nitrogens with zero attached hydrogens (tertiary/aromatic N) is 1. The number of halogens is 1. The van der Waals surface area contributed by atoms with Gasteiger partial charge in [0.1, 0.15) is 5.75 Å². The number of rotatable bonds is 5. The van der Waals surface area contributed by atoms with Crippen LogP contribution in [0, 0.1) is 10.1 Å². The molecule has 0 atom stereocenters. The van der Waals surface area contributed by atoms with E-state index < -0.39 is 4.92 Å². The molecule has 6 heteroatoms. The number of nitro groups is 1. The minimum absolute atomic E-state index is 0.000286. The average molecular weight is 293 g/mol. The van der Waals surface area contributed by atoms with Crippen molar-refractivity contribution in [2.24, 2.45) is 0 Å². The predicted molar refractivity (Wildman–Crippen MR) is 78.4 cm³/mol. The first-order valence-corrected chi connectivity index (χ1v) is 6.28. The zero-order valence-corrected chi connectivity index (χ0v) is 11.6. The Hall–Kier alpha value is -2.27. The van der Waals surface area contributed by atoms with Gasteiger partial charge in [-0.1, -0.05) is 23.7 Å². The largest absolute Gasteiger partial charge is 0.496 e. The quantitative estimate of drug-likeness (QED) is 0.671. The van der Waals surface area contributed by atoms with Crippen LogP contribution >= 0.6 is 11.6 Å². The van der Waals surface area contributed by atoms with Gasteiger partial charge in [0.05, 0.1) is 28.8 Å². The van der Waals surface area contributed by atoms with Crippen molar-refractivity contribution in [3.63, 3.8) is 0 Å². The Balaban J connectivity index is 2.19. The number of nitro benzene ring substituents is 1. The van der Waals surface area contributed by atoms with Crippen LogP contribution in [0.25, 0.3) is 0 Å². The topological polar surface area (TPSA) is 64.4 Å². The fourth-order valence-electron chi connectivity index (χ4n) is 1.77. The molecule has 0 spiro atoms. The van der Waals surface area contributed by atoms with E-state index >= 15 is 0 Å². The van der Waals surface area contributed by atoms with Gasteiger partial charge in [-0.05, 0) is 23.8 Å². The number of benzene rings is 2. The summed E-state index contributed by atoms with van der Waals surface area (Å²) in [5.41, 5.74) is 1.52. The van der Waals surface area contributed by atoms with Gasteiger partial charge in [0.25, 0.3) is 5.69 Å². The monoisotopic (exact) mass is 292 g/mol. The first kappa shape index (κ1) is 14.1. The Morgan fingerprint density at radius 2 is 2.05 bits per heavy atom. The lowest BCUT2D eigenvalue weighted by Crippen LogP contribution is -2.01. The molecule has 0 heterocycles. The highest BCUT2D eigenvalue weighted by molar-refractivity contribution is 6.33. The zero-order valence-electron chi connectivity index (χ0n) is 10.8. The minimum Gasteiger partial charge on any atom is -0.496 e. The molecule has 0 aliphatic rings. The SMILES string of the molecule is COc1cc(CNc2ccccc2Cl)cc([N+](=O)[O-])c1. The second-order valence-electron chi connectivity index (χ2n) is 4.13. The van der Waals surface area contributed by atoms with E-state index in [2.05, 4.69) is 5.32 Å². The van der Waals surface area contributed by atoms with Crippen molar-refractivity contribution in [2.75, 3.05) is 12.4 Å². The molecule has 5 nitrogen and oxygen atoms in total. The van der Waals surface area contributed by atoms with Crippen molar-refractivity contribution in [1.82, 2.24) is 0 Å². The Kier molecular flexibility index (Phi) is 4.42. The van der Waals surface area contributed by atoms with Gasteiger partial charge in [0.15, 0.2) is 0 Å². The molecule has 0 fully saturated rings. The van der Waals surface area contributed by atoms with E-state index in [1.54, 1.807) is 12.1 Å². The molecule has 0 bridgehead atoms. The highest BCUT2D eigenvalue weighted by Gasteiger charge is 2.10. The number of hydrogen-bond donors (Lipinski definition) is 1. The smallest absolute Gasteiger partial charge is 0.273 e. The summed E-state index contributed by atoms with van der Waals surface area (Å²) in [7, 11) is 1.48. The van der Waals surface area contributed by atoms with Crippen LogP contribution in [-0.4, -0.2) is 12.0 Å². The van der Waals surface area contributed by atoms with Crippen molar-refractivity contribution in [3.8, 4) is 5.75 Å². The summed E-state index contributed by atoms with van der Waals surface area (Å²) in [5.74, 6) is 0.454. The molecular weight excluding hydrogens is 280 g/mol. The first-order valence-electron chi connectivity index (χ1n) is 5.91. The summed E-state index contributed by atoms with van der Waals surface area (Å²) < 4.78 is 5.06. The van der Waals surface area contributed by atoms with Gasteiger partial charge < -0.3 is 10.1 Å². The van der Waals surface area contributed by atoms with Crippen molar-refractivity contribution < 1.29 is 9.66 Å². The number of nitrogens with one attached hydrogen (secondary N) is 1. The predicted octanol–water partition coefficient (Wildman–Crippen LogP) is 3.87. The van der Waals surface area contributed by atoms with Crippen molar-refractivity contribution in [2.45, 2.75) is 6.54 Å². The van der Waals surface area contributed by atoms with Crippen LogP contribution in [0.1, 0.15) is 5.56 Å². The van der Waals surface area contributed by atoms with Gasteiger partial charge in [0, 0.05) is 12.6 Å².